The van der Waals surface area contributed by atoms with E-state index in [9.17, 15) is 0 Å². The Morgan fingerprint density at radius 1 is 0.720 bits per heavy atom. The molecular formula is C22H17NS2. The van der Waals surface area contributed by atoms with E-state index in [0.29, 0.717) is 0 Å². The molecule has 0 amide bonds. The first kappa shape index (κ1) is 14.9. The number of hydrogen-bond donors (Lipinski definition) is 0. The molecule has 0 unspecified atom stereocenters. The van der Waals surface area contributed by atoms with E-state index >= 15 is 0 Å². The van der Waals surface area contributed by atoms with Gasteiger partial charge in [0, 0.05) is 38.1 Å². The molecule has 0 saturated carbocycles. The van der Waals surface area contributed by atoms with Crippen molar-refractivity contribution in [2.24, 2.45) is 0 Å². The van der Waals surface area contributed by atoms with Crippen LogP contribution in [-0.4, -0.2) is 4.57 Å². The largest absolute Gasteiger partial charge is 0.341 e. The summed E-state index contributed by atoms with van der Waals surface area (Å²) in [7, 11) is 0. The molecule has 3 heteroatoms. The second kappa shape index (κ2) is 5.87. The summed E-state index contributed by atoms with van der Waals surface area (Å²) in [5, 5.41) is 6.97. The Kier molecular flexibility index (Phi) is 3.51. The van der Waals surface area contributed by atoms with Gasteiger partial charge in [0.05, 0.1) is 0 Å². The summed E-state index contributed by atoms with van der Waals surface area (Å²) in [5.74, 6) is 0. The fraction of sp³-hybridized carbons (Fsp3) is 0.0909. The number of thiophene rings is 2. The third-order valence-corrected chi connectivity index (χ3v) is 6.63. The highest BCUT2D eigenvalue weighted by atomic mass is 32.1. The molecule has 0 bridgehead atoms. The van der Waals surface area contributed by atoms with Crippen LogP contribution in [0, 0.1) is 0 Å². The second-order valence-electron chi connectivity index (χ2n) is 6.16. The first-order valence-corrected chi connectivity index (χ1v) is 10.2. The lowest BCUT2D eigenvalue weighted by Crippen LogP contribution is -1.93. The van der Waals surface area contributed by atoms with Crippen molar-refractivity contribution in [3.63, 3.8) is 0 Å². The maximum absolute atomic E-state index is 2.44. The Morgan fingerprint density at radius 2 is 1.24 bits per heavy atom. The minimum Gasteiger partial charge on any atom is -0.341 e. The average molecular weight is 360 g/mol. The smallest absolute Gasteiger partial charge is 0.0497 e. The monoisotopic (exact) mass is 359 g/mol. The quantitative estimate of drug-likeness (QED) is 0.319. The van der Waals surface area contributed by atoms with Crippen LogP contribution in [-0.2, 0) is 6.54 Å². The number of rotatable bonds is 3. The van der Waals surface area contributed by atoms with Crippen molar-refractivity contribution in [2.45, 2.75) is 13.5 Å². The average Bonchev–Trinajstić information content (AvgIpc) is 3.39. The number of fused-ring (bicyclic) bond motifs is 3. The van der Waals surface area contributed by atoms with Crippen LogP contribution in [0.4, 0.5) is 0 Å². The second-order valence-corrected chi connectivity index (χ2v) is 8.06. The number of aromatic nitrogens is 1. The highest BCUT2D eigenvalue weighted by Gasteiger charge is 2.12. The molecule has 3 heterocycles. The van der Waals surface area contributed by atoms with Crippen LogP contribution in [0.25, 0.3) is 42.7 Å². The van der Waals surface area contributed by atoms with Crippen molar-refractivity contribution in [2.75, 3.05) is 0 Å². The van der Waals surface area contributed by atoms with Crippen LogP contribution in [0.5, 0.6) is 0 Å². The van der Waals surface area contributed by atoms with Crippen molar-refractivity contribution in [3.05, 3.63) is 71.4 Å². The molecule has 0 fully saturated rings. The molecule has 2 aromatic carbocycles. The van der Waals surface area contributed by atoms with Gasteiger partial charge in [-0.2, -0.15) is 0 Å². The van der Waals surface area contributed by atoms with E-state index in [1.54, 1.807) is 22.7 Å². The predicted octanol–water partition coefficient (Wildman–Crippen LogP) is 7.27. The Bertz CT molecular complexity index is 1070. The summed E-state index contributed by atoms with van der Waals surface area (Å²) >= 11 is 3.60. The summed E-state index contributed by atoms with van der Waals surface area (Å²) in [5.41, 5.74) is 5.26. The van der Waals surface area contributed by atoms with Crippen LogP contribution >= 0.6 is 22.7 Å². The molecule has 0 atom stereocenters. The van der Waals surface area contributed by atoms with Crippen molar-refractivity contribution in [1.82, 2.24) is 4.57 Å². The van der Waals surface area contributed by atoms with Crippen molar-refractivity contribution in [1.29, 1.82) is 0 Å². The lowest BCUT2D eigenvalue weighted by molar-refractivity contribution is 0.827. The Balaban J connectivity index is 1.79. The number of hydrogen-bond acceptors (Lipinski definition) is 2. The standard InChI is InChI=1S/C22H17NS2/c1-2-23-19-13-15(21-5-3-11-24-21)7-9-17(19)18-10-8-16(14-20(18)23)22-6-4-12-25-22/h3-14H,2H2,1H3. The summed E-state index contributed by atoms with van der Waals surface area (Å²) in [4.78, 5) is 2.66. The summed E-state index contributed by atoms with van der Waals surface area (Å²) in [6, 6.07) is 22.4. The van der Waals surface area contributed by atoms with Gasteiger partial charge in [-0.15, -0.1) is 22.7 Å². The molecule has 122 valence electrons. The lowest BCUT2D eigenvalue weighted by atomic mass is 10.1. The van der Waals surface area contributed by atoms with Gasteiger partial charge in [-0.1, -0.05) is 36.4 Å². The molecule has 0 saturated heterocycles. The zero-order valence-electron chi connectivity index (χ0n) is 13.9. The van der Waals surface area contributed by atoms with E-state index in [1.165, 1.54) is 42.7 Å². The van der Waals surface area contributed by atoms with Gasteiger partial charge in [0.15, 0.2) is 0 Å². The summed E-state index contributed by atoms with van der Waals surface area (Å²) in [6.07, 6.45) is 0. The van der Waals surface area contributed by atoms with Gasteiger partial charge in [0.2, 0.25) is 0 Å². The molecule has 0 aliphatic rings. The molecule has 1 nitrogen and oxygen atoms in total. The van der Waals surface area contributed by atoms with E-state index < -0.39 is 0 Å². The van der Waals surface area contributed by atoms with Crippen LogP contribution < -0.4 is 0 Å². The molecule has 0 N–H and O–H groups in total. The third kappa shape index (κ3) is 2.35. The highest BCUT2D eigenvalue weighted by molar-refractivity contribution is 7.13. The molecule has 0 radical (unpaired) electrons. The Labute approximate surface area is 154 Å². The maximum atomic E-state index is 2.44. The van der Waals surface area contributed by atoms with Gasteiger partial charge < -0.3 is 4.57 Å². The first-order chi connectivity index (χ1) is 12.3. The number of nitrogens with zero attached hydrogens (tertiary/aromatic N) is 1. The van der Waals surface area contributed by atoms with Crippen molar-refractivity contribution in [3.8, 4) is 20.9 Å². The normalized spacial score (nSPS) is 11.6. The fourth-order valence-corrected chi connectivity index (χ4v) is 5.08. The van der Waals surface area contributed by atoms with Crippen molar-refractivity contribution < 1.29 is 0 Å². The summed E-state index contributed by atoms with van der Waals surface area (Å²) in [6.45, 7) is 3.20. The first-order valence-electron chi connectivity index (χ1n) is 8.49. The van der Waals surface area contributed by atoms with E-state index in [-0.39, 0.29) is 0 Å². The zero-order valence-corrected chi connectivity index (χ0v) is 15.5. The van der Waals surface area contributed by atoms with E-state index in [1.807, 2.05) is 0 Å². The summed E-state index contributed by atoms with van der Waals surface area (Å²) < 4.78 is 2.44. The van der Waals surface area contributed by atoms with E-state index in [0.717, 1.165) is 6.54 Å². The lowest BCUT2D eigenvalue weighted by Gasteiger charge is -2.05. The number of aryl methyl sites for hydroxylation is 1. The molecule has 3 aromatic heterocycles. The molecule has 5 aromatic rings. The molecule has 0 aliphatic carbocycles. The van der Waals surface area contributed by atoms with Crippen LogP contribution in [0.1, 0.15) is 6.92 Å². The minimum absolute atomic E-state index is 0.974. The topological polar surface area (TPSA) is 4.93 Å². The van der Waals surface area contributed by atoms with Gasteiger partial charge in [-0.05, 0) is 53.1 Å². The van der Waals surface area contributed by atoms with Crippen molar-refractivity contribution >= 4 is 44.5 Å². The van der Waals surface area contributed by atoms with Crippen LogP contribution in [0.2, 0.25) is 0 Å². The predicted molar refractivity (Wildman–Crippen MR) is 112 cm³/mol. The zero-order chi connectivity index (χ0) is 16.8. The minimum atomic E-state index is 0.974. The van der Waals surface area contributed by atoms with Crippen LogP contribution in [0.3, 0.4) is 0 Å². The maximum Gasteiger partial charge on any atom is 0.0497 e. The SMILES string of the molecule is CCn1c2cc(-c3cccs3)ccc2c2ccc(-c3cccs3)cc21. The third-order valence-electron chi connectivity index (χ3n) is 4.79. The van der Waals surface area contributed by atoms with Gasteiger partial charge in [0.1, 0.15) is 0 Å². The van der Waals surface area contributed by atoms with Gasteiger partial charge in [-0.25, -0.2) is 0 Å². The molecular weight excluding hydrogens is 342 g/mol. The van der Waals surface area contributed by atoms with Crippen LogP contribution in [0.15, 0.2) is 71.4 Å². The van der Waals surface area contributed by atoms with E-state index in [4.69, 9.17) is 0 Å². The highest BCUT2D eigenvalue weighted by Crippen LogP contribution is 2.36. The molecule has 5 rings (SSSR count). The number of benzene rings is 2. The fourth-order valence-electron chi connectivity index (χ4n) is 3.63. The molecule has 25 heavy (non-hydrogen) atoms. The molecule has 0 aliphatic heterocycles. The van der Waals surface area contributed by atoms with Gasteiger partial charge in [0.25, 0.3) is 0 Å². The van der Waals surface area contributed by atoms with Gasteiger partial charge in [-0.3, -0.25) is 0 Å². The van der Waals surface area contributed by atoms with E-state index in [2.05, 4.69) is 82.9 Å². The molecule has 0 spiro atoms. The van der Waals surface area contributed by atoms with Gasteiger partial charge >= 0.3 is 0 Å². The Morgan fingerprint density at radius 3 is 1.64 bits per heavy atom. The Hall–Kier alpha value is -2.36.